The first-order valence-electron chi connectivity index (χ1n) is 27.8. The monoisotopic (exact) mass is 1100 g/mol. The average molecular weight is 1100 g/mol. The van der Waals surface area contributed by atoms with Gasteiger partial charge in [-0.15, -0.1) is 0 Å². The summed E-state index contributed by atoms with van der Waals surface area (Å²) >= 11 is 0. The van der Waals surface area contributed by atoms with Gasteiger partial charge in [0.05, 0.1) is 32.5 Å². The molecule has 4 aliphatic heterocycles. The van der Waals surface area contributed by atoms with E-state index in [1.807, 2.05) is 13.8 Å². The molecule has 2 amide bonds. The second-order valence-electron chi connectivity index (χ2n) is 24.8. The van der Waals surface area contributed by atoms with Gasteiger partial charge < -0.3 is 94.5 Å². The van der Waals surface area contributed by atoms with E-state index in [4.69, 9.17) is 37.9 Å². The molecule has 0 aromatic rings. The SMILES string of the molecule is CC(=O)N[C@H]1[C@H](O[C@@H]2CO[C@@H](O[C@H]3CC[C@]4(C)C5=C(CCC4C3(C)C)C3CC[C@H]([C@H](C)CC(=O)C=C(C)C)[C@@]3(C)CC5)[C@H](O[C@@H]3O[C@H](CO[C@@H]4OC[C@@H](O)[C@H](O)[C@H]4O)[C@@H](O)[C@H](O)[C@H]3NC(C)=O)[C@H]2O)O[C@H](CO)[C@H](O)[C@@H]1O. The summed E-state index contributed by atoms with van der Waals surface area (Å²) in [6, 6.07) is -2.86. The molecule has 2 saturated carbocycles. The molecule has 0 bridgehead atoms. The molecular weight excluding hydrogens is 1010 g/mol. The summed E-state index contributed by atoms with van der Waals surface area (Å²) in [6.07, 6.45) is -15.7. The number of amides is 2. The number of carbonyl (C=O) groups is 3. The van der Waals surface area contributed by atoms with Crippen LogP contribution in [0.4, 0.5) is 0 Å². The number of fused-ring (bicyclic) bond motifs is 4. The Bertz CT molecular complexity index is 2160. The van der Waals surface area contributed by atoms with Crippen molar-refractivity contribution in [2.45, 2.75) is 237 Å². The van der Waals surface area contributed by atoms with Crippen LogP contribution in [0, 0.1) is 39.9 Å². The first-order valence-corrected chi connectivity index (χ1v) is 27.8. The van der Waals surface area contributed by atoms with E-state index in [9.17, 15) is 60.3 Å². The Labute approximate surface area is 451 Å². The van der Waals surface area contributed by atoms with Crippen LogP contribution in [0.1, 0.15) is 120 Å². The molecule has 2 unspecified atom stereocenters. The fourth-order valence-electron chi connectivity index (χ4n) is 15.2. The van der Waals surface area contributed by atoms with Crippen LogP contribution in [-0.4, -0.2) is 207 Å². The summed E-state index contributed by atoms with van der Waals surface area (Å²) in [5, 5.41) is 103. The third-order valence-electron chi connectivity index (χ3n) is 19.1. The standard InChI is InChI=1S/C55H88N2O20/c1-24(2)18-28(61)19-25(3)30-11-12-31-29-10-13-37-53(6,7)38(15-17-55(37,9)32(29)14-16-54(30,31)8)76-52-48(44(66)36(23-72-52)75-49-39(56-26(4)59)45(67)42(64)34(20-58)73-49)77-50-40(57-27(5)60)46(68)43(65)35(74-50)22-71-51-47(69)41(63)33(62)21-70-51/h18,25,30-31,33-52,58,62-69H,10-17,19-23H2,1-9H3,(H,56,59)(H,57,60)/t25-,30-,31?,33-,34-,35-,36-,37?,38+,39-,40-,41+,42+,43-,44+,45-,46-,47-,48-,49+,50+,51+,52+,54-,55-/m1/s1. The molecule has 6 fully saturated rings. The fourth-order valence-corrected chi connectivity index (χ4v) is 15.2. The van der Waals surface area contributed by atoms with Crippen molar-refractivity contribution >= 4 is 17.6 Å². The molecule has 22 heteroatoms. The minimum atomic E-state index is -1.78. The van der Waals surface area contributed by atoms with Gasteiger partial charge in [-0.3, -0.25) is 14.4 Å². The molecule has 77 heavy (non-hydrogen) atoms. The van der Waals surface area contributed by atoms with Crippen LogP contribution in [0.15, 0.2) is 22.8 Å². The Hall–Kier alpha value is -2.59. The predicted molar refractivity (Wildman–Crippen MR) is 270 cm³/mol. The maximum absolute atomic E-state index is 13.0. The highest BCUT2D eigenvalue weighted by atomic mass is 16.8. The molecule has 438 valence electrons. The summed E-state index contributed by atoms with van der Waals surface area (Å²) < 4.78 is 49.5. The summed E-state index contributed by atoms with van der Waals surface area (Å²) in [5.74, 6) is 0.317. The normalized spacial score (nSPS) is 46.2. The van der Waals surface area contributed by atoms with Gasteiger partial charge in [-0.1, -0.05) is 51.3 Å². The number of ketones is 1. The minimum absolute atomic E-state index is 0.107. The van der Waals surface area contributed by atoms with Gasteiger partial charge in [0.2, 0.25) is 11.8 Å². The van der Waals surface area contributed by atoms with Crippen molar-refractivity contribution < 1.29 is 98.2 Å². The zero-order chi connectivity index (χ0) is 56.2. The lowest BCUT2D eigenvalue weighted by Crippen LogP contribution is -2.68. The highest BCUT2D eigenvalue weighted by Crippen LogP contribution is 2.68. The number of allylic oxidation sites excluding steroid dienone is 4. The van der Waals surface area contributed by atoms with Gasteiger partial charge in [-0.25, -0.2) is 0 Å². The van der Waals surface area contributed by atoms with E-state index in [1.54, 1.807) is 17.2 Å². The van der Waals surface area contributed by atoms with E-state index in [0.717, 1.165) is 50.5 Å². The summed E-state index contributed by atoms with van der Waals surface area (Å²) in [4.78, 5) is 38.0. The van der Waals surface area contributed by atoms with Gasteiger partial charge in [0.15, 0.2) is 30.9 Å². The largest absolute Gasteiger partial charge is 0.394 e. The van der Waals surface area contributed by atoms with E-state index in [2.05, 4.69) is 45.3 Å². The zero-order valence-corrected chi connectivity index (χ0v) is 46.1. The number of hydrogen-bond donors (Lipinski definition) is 11. The van der Waals surface area contributed by atoms with Crippen LogP contribution < -0.4 is 10.6 Å². The van der Waals surface area contributed by atoms with Crippen LogP contribution in [0.2, 0.25) is 0 Å². The number of rotatable bonds is 16. The Kier molecular flexibility index (Phi) is 18.9. The van der Waals surface area contributed by atoms with Gasteiger partial charge in [0.1, 0.15) is 85.3 Å². The van der Waals surface area contributed by atoms with E-state index < -0.39 is 147 Å². The van der Waals surface area contributed by atoms with Crippen LogP contribution in [0.3, 0.4) is 0 Å². The molecule has 4 saturated heterocycles. The van der Waals surface area contributed by atoms with Crippen LogP contribution in [0.25, 0.3) is 0 Å². The molecule has 4 aliphatic carbocycles. The van der Waals surface area contributed by atoms with E-state index in [-0.39, 0.29) is 41.7 Å². The molecule has 25 atom stereocenters. The minimum Gasteiger partial charge on any atom is -0.394 e. The van der Waals surface area contributed by atoms with Crippen molar-refractivity contribution in [1.29, 1.82) is 0 Å². The second kappa shape index (κ2) is 24.1. The third-order valence-corrected chi connectivity index (χ3v) is 19.1. The van der Waals surface area contributed by atoms with Gasteiger partial charge >= 0.3 is 0 Å². The molecule has 0 spiro atoms. The highest BCUT2D eigenvalue weighted by molar-refractivity contribution is 5.90. The quantitative estimate of drug-likeness (QED) is 0.0723. The summed E-state index contributed by atoms with van der Waals surface area (Å²) in [5.41, 5.74) is 3.67. The third kappa shape index (κ3) is 12.0. The van der Waals surface area contributed by atoms with Gasteiger partial charge in [0, 0.05) is 20.3 Å². The predicted octanol–water partition coefficient (Wildman–Crippen LogP) is 0.131. The lowest BCUT2D eigenvalue weighted by molar-refractivity contribution is -0.371. The lowest BCUT2D eigenvalue weighted by Gasteiger charge is -2.61. The van der Waals surface area contributed by atoms with Crippen molar-refractivity contribution in [2.75, 3.05) is 26.4 Å². The number of hydrogen-bond acceptors (Lipinski definition) is 20. The summed E-state index contributed by atoms with van der Waals surface area (Å²) in [6.45, 7) is 15.8. The zero-order valence-electron chi connectivity index (χ0n) is 46.1. The van der Waals surface area contributed by atoms with Crippen molar-refractivity contribution in [3.63, 3.8) is 0 Å². The first kappa shape index (κ1) is 60.5. The fraction of sp³-hybridized carbons (Fsp3) is 0.873. The van der Waals surface area contributed by atoms with Gasteiger partial charge in [0.25, 0.3) is 0 Å². The maximum atomic E-state index is 13.0. The maximum Gasteiger partial charge on any atom is 0.217 e. The van der Waals surface area contributed by atoms with E-state index in [1.165, 1.54) is 13.8 Å². The Morgan fingerprint density at radius 1 is 0.688 bits per heavy atom. The Morgan fingerprint density at radius 2 is 1.31 bits per heavy atom. The van der Waals surface area contributed by atoms with Crippen molar-refractivity contribution in [3.8, 4) is 0 Å². The molecule has 22 nitrogen and oxygen atoms in total. The van der Waals surface area contributed by atoms with Gasteiger partial charge in [-0.05, 0) is 111 Å². The van der Waals surface area contributed by atoms with Crippen LogP contribution in [0.5, 0.6) is 0 Å². The van der Waals surface area contributed by atoms with Gasteiger partial charge in [-0.2, -0.15) is 0 Å². The lowest BCUT2D eigenvalue weighted by atomic mass is 9.45. The second-order valence-corrected chi connectivity index (χ2v) is 24.8. The van der Waals surface area contributed by atoms with Crippen LogP contribution in [-0.2, 0) is 52.3 Å². The molecule has 8 aliphatic rings. The van der Waals surface area contributed by atoms with Crippen molar-refractivity contribution in [2.24, 2.45) is 39.9 Å². The van der Waals surface area contributed by atoms with E-state index in [0.29, 0.717) is 24.7 Å². The molecule has 11 N–H and O–H groups in total. The molecular formula is C55H88N2O20. The molecule has 8 rings (SSSR count). The number of nitrogens with one attached hydrogen (secondary N) is 2. The highest BCUT2D eigenvalue weighted by Gasteiger charge is 2.61. The van der Waals surface area contributed by atoms with Crippen molar-refractivity contribution in [3.05, 3.63) is 22.8 Å². The Morgan fingerprint density at radius 3 is 1.95 bits per heavy atom. The van der Waals surface area contributed by atoms with E-state index >= 15 is 0 Å². The first-order chi connectivity index (χ1) is 36.2. The molecule has 0 aromatic carbocycles. The number of aliphatic hydroxyl groups is 9. The number of aliphatic hydroxyl groups excluding tert-OH is 9. The average Bonchev–Trinajstić information content (AvgIpc) is 3.84. The molecule has 4 heterocycles. The van der Waals surface area contributed by atoms with Crippen LogP contribution >= 0.6 is 0 Å². The van der Waals surface area contributed by atoms with Crippen molar-refractivity contribution in [1.82, 2.24) is 10.6 Å². The molecule has 0 radical (unpaired) electrons. The molecule has 0 aromatic heterocycles. The number of carbonyl (C=O) groups excluding carboxylic acids is 3. The smallest absolute Gasteiger partial charge is 0.217 e. The topological polar surface area (TPSA) is 331 Å². The number of ether oxygens (including phenoxy) is 8. The Balaban J connectivity index is 1.05. The summed E-state index contributed by atoms with van der Waals surface area (Å²) in [7, 11) is 0.